The van der Waals surface area contributed by atoms with Crippen molar-refractivity contribution < 1.29 is 9.59 Å². The number of hydrogen-bond acceptors (Lipinski definition) is 5. The summed E-state index contributed by atoms with van der Waals surface area (Å²) >= 11 is 6.69. The van der Waals surface area contributed by atoms with Crippen LogP contribution in [0.5, 0.6) is 0 Å². The molecule has 1 aliphatic rings. The van der Waals surface area contributed by atoms with E-state index in [1.165, 1.54) is 0 Å². The van der Waals surface area contributed by atoms with Crippen LogP contribution in [0.1, 0.15) is 28.7 Å². The Morgan fingerprint density at radius 2 is 2.10 bits per heavy atom. The number of carbonyl (C=O) groups is 2. The highest BCUT2D eigenvalue weighted by molar-refractivity contribution is 7.71. The summed E-state index contributed by atoms with van der Waals surface area (Å²) < 4.78 is 2.33. The van der Waals surface area contributed by atoms with Gasteiger partial charge in [-0.3, -0.25) is 14.7 Å². The maximum Gasteiger partial charge on any atom is 0.228 e. The Kier molecular flexibility index (Phi) is 5.83. The minimum absolute atomic E-state index is 0.0353. The van der Waals surface area contributed by atoms with E-state index in [9.17, 15) is 9.59 Å². The molecule has 4 rings (SSSR count). The third kappa shape index (κ3) is 3.95. The maximum absolute atomic E-state index is 13.1. The molecule has 3 aromatic rings. The highest BCUT2D eigenvalue weighted by Gasteiger charge is 2.45. The predicted octanol–water partition coefficient (Wildman–Crippen LogP) is 3.30. The van der Waals surface area contributed by atoms with Crippen LogP contribution in [0.25, 0.3) is 0 Å². The molecule has 0 bridgehead atoms. The van der Waals surface area contributed by atoms with E-state index in [1.807, 2.05) is 55.7 Å². The van der Waals surface area contributed by atoms with Crippen molar-refractivity contribution in [2.45, 2.75) is 25.8 Å². The Balaban J connectivity index is 1.53. The number of aromatic nitrogens is 3. The normalized spacial score (nSPS) is 18.7. The second-order valence-electron chi connectivity index (χ2n) is 7.42. The molecule has 0 radical (unpaired) electrons. The van der Waals surface area contributed by atoms with Gasteiger partial charge in [0, 0.05) is 37.0 Å². The lowest BCUT2D eigenvalue weighted by atomic mass is 9.97. The Hall–Kier alpha value is -2.78. The molecule has 2 atom stereocenters. The molecule has 0 saturated carbocycles. The lowest BCUT2D eigenvalue weighted by Gasteiger charge is -2.27. The number of nitrogens with zero attached hydrogens (tertiary/aromatic N) is 3. The molecule has 2 amide bonds. The number of aromatic amines is 1. The molecule has 0 aliphatic carbocycles. The topological polar surface area (TPSA) is 83.0 Å². The molecule has 30 heavy (non-hydrogen) atoms. The van der Waals surface area contributed by atoms with E-state index in [1.54, 1.807) is 20.8 Å². The van der Waals surface area contributed by atoms with Gasteiger partial charge in [0.05, 0.1) is 12.0 Å². The maximum atomic E-state index is 13.1. The molecule has 2 unspecified atom stereocenters. The second-order valence-corrected chi connectivity index (χ2v) is 8.78. The van der Waals surface area contributed by atoms with Crippen LogP contribution in [-0.4, -0.2) is 33.1 Å². The average Bonchev–Trinajstić information content (AvgIpc) is 3.44. The monoisotopic (exact) mass is 441 g/mol. The summed E-state index contributed by atoms with van der Waals surface area (Å²) in [4.78, 5) is 28.8. The van der Waals surface area contributed by atoms with Crippen LogP contribution in [-0.2, 0) is 23.1 Å². The van der Waals surface area contributed by atoms with Crippen molar-refractivity contribution in [1.82, 2.24) is 20.1 Å². The Labute approximate surface area is 183 Å². The highest BCUT2D eigenvalue weighted by atomic mass is 32.1. The summed E-state index contributed by atoms with van der Waals surface area (Å²) in [6, 6.07) is 11.5. The van der Waals surface area contributed by atoms with Gasteiger partial charge in [-0.05, 0) is 42.7 Å². The number of hydrogen-bond donors (Lipinski definition) is 2. The van der Waals surface area contributed by atoms with E-state index in [-0.39, 0.29) is 24.3 Å². The molecule has 9 heteroatoms. The number of thiophene rings is 1. The molecule has 2 aromatic heterocycles. The lowest BCUT2D eigenvalue weighted by molar-refractivity contribution is -0.126. The van der Waals surface area contributed by atoms with E-state index in [0.717, 1.165) is 22.0 Å². The molecule has 1 aliphatic heterocycles. The van der Waals surface area contributed by atoms with Crippen molar-refractivity contribution in [3.63, 3.8) is 0 Å². The number of benzene rings is 1. The Morgan fingerprint density at radius 3 is 2.73 bits per heavy atom. The Morgan fingerprint density at radius 1 is 1.33 bits per heavy atom. The van der Waals surface area contributed by atoms with Crippen LogP contribution in [0.2, 0.25) is 0 Å². The minimum atomic E-state index is -0.445. The molecule has 1 fully saturated rings. The van der Waals surface area contributed by atoms with Crippen LogP contribution >= 0.6 is 23.6 Å². The minimum Gasteiger partial charge on any atom is -0.355 e. The van der Waals surface area contributed by atoms with Crippen molar-refractivity contribution in [3.8, 4) is 0 Å². The van der Waals surface area contributed by atoms with Gasteiger partial charge < -0.3 is 14.8 Å². The van der Waals surface area contributed by atoms with Crippen molar-refractivity contribution in [3.05, 3.63) is 62.8 Å². The molecule has 2 N–H and O–H groups in total. The summed E-state index contributed by atoms with van der Waals surface area (Å²) in [5.74, 6) is 0.179. The number of rotatable bonds is 6. The van der Waals surface area contributed by atoms with E-state index in [2.05, 4.69) is 15.5 Å². The third-order valence-electron chi connectivity index (χ3n) is 5.43. The fourth-order valence-corrected chi connectivity index (χ4v) is 4.83. The SMILES string of the molecule is Cc1ccc(N2C(=O)CC(C(=O)NCCc3n[nH]c(=S)n3C)C2c2cccs2)cc1. The first kappa shape index (κ1) is 20.5. The van der Waals surface area contributed by atoms with Gasteiger partial charge in [0.25, 0.3) is 0 Å². The molecule has 3 heterocycles. The quantitative estimate of drug-likeness (QED) is 0.575. The zero-order valence-corrected chi connectivity index (χ0v) is 18.4. The van der Waals surface area contributed by atoms with Crippen LogP contribution in [0.3, 0.4) is 0 Å². The third-order valence-corrected chi connectivity index (χ3v) is 6.73. The summed E-state index contributed by atoms with van der Waals surface area (Å²) in [5.41, 5.74) is 1.95. The molecule has 7 nitrogen and oxygen atoms in total. The molecular weight excluding hydrogens is 418 g/mol. The first-order valence-corrected chi connectivity index (χ1v) is 11.0. The van der Waals surface area contributed by atoms with Gasteiger partial charge in [0.15, 0.2) is 4.77 Å². The molecule has 1 saturated heterocycles. The summed E-state index contributed by atoms with van der Waals surface area (Å²) in [7, 11) is 1.84. The van der Waals surface area contributed by atoms with Crippen molar-refractivity contribution in [2.24, 2.45) is 13.0 Å². The van der Waals surface area contributed by atoms with Gasteiger partial charge >= 0.3 is 0 Å². The van der Waals surface area contributed by atoms with Crippen LogP contribution in [0, 0.1) is 17.6 Å². The first-order valence-electron chi connectivity index (χ1n) is 9.76. The molecule has 0 spiro atoms. The summed E-state index contributed by atoms with van der Waals surface area (Å²) in [6.07, 6.45) is 0.746. The molecule has 156 valence electrons. The van der Waals surface area contributed by atoms with Crippen LogP contribution < -0.4 is 10.2 Å². The fraction of sp³-hybridized carbons (Fsp3) is 0.333. The smallest absolute Gasteiger partial charge is 0.228 e. The number of amides is 2. The molecular formula is C21H23N5O2S2. The predicted molar refractivity (Wildman–Crippen MR) is 119 cm³/mol. The molecule has 1 aromatic carbocycles. The van der Waals surface area contributed by atoms with Crippen LogP contribution in [0.4, 0.5) is 5.69 Å². The number of carbonyl (C=O) groups excluding carboxylic acids is 2. The largest absolute Gasteiger partial charge is 0.355 e. The first-order chi connectivity index (χ1) is 14.5. The Bertz CT molecular complexity index is 1100. The van der Waals surface area contributed by atoms with E-state index in [0.29, 0.717) is 17.7 Å². The number of nitrogens with one attached hydrogen (secondary N) is 2. The van der Waals surface area contributed by atoms with Gasteiger partial charge in [0.2, 0.25) is 11.8 Å². The van der Waals surface area contributed by atoms with Gasteiger partial charge in [0.1, 0.15) is 5.82 Å². The van der Waals surface area contributed by atoms with Gasteiger partial charge in [-0.15, -0.1) is 11.3 Å². The van der Waals surface area contributed by atoms with E-state index in [4.69, 9.17) is 12.2 Å². The van der Waals surface area contributed by atoms with E-state index < -0.39 is 5.92 Å². The zero-order chi connectivity index (χ0) is 21.3. The average molecular weight is 442 g/mol. The number of H-pyrrole nitrogens is 1. The summed E-state index contributed by atoms with van der Waals surface area (Å²) in [5, 5.41) is 11.9. The number of anilines is 1. The van der Waals surface area contributed by atoms with Crippen LogP contribution in [0.15, 0.2) is 41.8 Å². The van der Waals surface area contributed by atoms with Crippen molar-refractivity contribution in [2.75, 3.05) is 11.4 Å². The van der Waals surface area contributed by atoms with Crippen molar-refractivity contribution >= 4 is 41.1 Å². The lowest BCUT2D eigenvalue weighted by Crippen LogP contribution is -2.36. The van der Waals surface area contributed by atoms with Gasteiger partial charge in [-0.2, -0.15) is 5.10 Å². The van der Waals surface area contributed by atoms with Gasteiger partial charge in [-0.25, -0.2) is 0 Å². The zero-order valence-electron chi connectivity index (χ0n) is 16.8. The van der Waals surface area contributed by atoms with Crippen molar-refractivity contribution in [1.29, 1.82) is 0 Å². The van der Waals surface area contributed by atoms with Gasteiger partial charge in [-0.1, -0.05) is 23.8 Å². The fourth-order valence-electron chi connectivity index (χ4n) is 3.80. The highest BCUT2D eigenvalue weighted by Crippen LogP contribution is 2.43. The standard InChI is InChI=1S/C21H23N5O2S2/c1-13-5-7-14(8-6-13)26-18(27)12-15(19(26)16-4-3-11-30-16)20(28)22-10-9-17-23-24-21(29)25(17)2/h3-8,11,15,19H,9-10,12H2,1-2H3,(H,22,28)(H,24,29). The summed E-state index contributed by atoms with van der Waals surface area (Å²) in [6.45, 7) is 2.44. The van der Waals surface area contributed by atoms with E-state index >= 15 is 0 Å². The number of aryl methyl sites for hydroxylation is 1. The second kappa shape index (κ2) is 8.53.